The maximum atomic E-state index is 11.8. The van der Waals surface area contributed by atoms with Crippen LogP contribution in [0.3, 0.4) is 0 Å². The molecule has 18 heavy (non-hydrogen) atoms. The molecule has 3 atom stereocenters. The molecule has 106 valence electrons. The van der Waals surface area contributed by atoms with Gasteiger partial charge in [-0.2, -0.15) is 0 Å². The number of hydrogen-bond acceptors (Lipinski definition) is 3. The van der Waals surface area contributed by atoms with Gasteiger partial charge in [-0.25, -0.2) is 0 Å². The summed E-state index contributed by atoms with van der Waals surface area (Å²) < 4.78 is 0. The zero-order valence-electron chi connectivity index (χ0n) is 11.7. The molecule has 0 aliphatic heterocycles. The van der Waals surface area contributed by atoms with Crippen molar-refractivity contribution in [3.8, 4) is 0 Å². The average Bonchev–Trinajstić information content (AvgIpc) is 2.77. The van der Waals surface area contributed by atoms with Gasteiger partial charge in [-0.1, -0.05) is 26.2 Å². The highest BCUT2D eigenvalue weighted by molar-refractivity contribution is 5.81. The number of nitrogens with one attached hydrogen (secondary N) is 2. The minimum atomic E-state index is -0.183. The predicted molar refractivity (Wildman–Crippen MR) is 73.3 cm³/mol. The van der Waals surface area contributed by atoms with Crippen molar-refractivity contribution in [2.45, 2.75) is 64.5 Å². The minimum absolute atomic E-state index is 0.0681. The fourth-order valence-corrected chi connectivity index (χ4v) is 2.42. The van der Waals surface area contributed by atoms with E-state index in [0.717, 1.165) is 45.2 Å². The molecule has 0 heterocycles. The molecule has 0 aromatic heterocycles. The van der Waals surface area contributed by atoms with E-state index in [1.54, 1.807) is 0 Å². The van der Waals surface area contributed by atoms with Crippen LogP contribution < -0.4 is 10.6 Å². The highest BCUT2D eigenvalue weighted by atomic mass is 16.3. The van der Waals surface area contributed by atoms with E-state index in [4.69, 9.17) is 0 Å². The van der Waals surface area contributed by atoms with Gasteiger partial charge in [0.25, 0.3) is 0 Å². The third kappa shape index (κ3) is 5.36. The van der Waals surface area contributed by atoms with Gasteiger partial charge in [-0.05, 0) is 32.1 Å². The van der Waals surface area contributed by atoms with E-state index in [2.05, 4.69) is 17.6 Å². The molecular weight excluding hydrogens is 228 g/mol. The molecule has 3 unspecified atom stereocenters. The fraction of sp³-hybridized carbons (Fsp3) is 0.929. The summed E-state index contributed by atoms with van der Waals surface area (Å²) in [6, 6.07) is -0.167. The Labute approximate surface area is 111 Å². The van der Waals surface area contributed by atoms with Crippen LogP contribution >= 0.6 is 0 Å². The number of aliphatic hydroxyl groups is 1. The van der Waals surface area contributed by atoms with Crippen molar-refractivity contribution in [1.29, 1.82) is 0 Å². The van der Waals surface area contributed by atoms with Crippen LogP contribution in [0.1, 0.15) is 52.4 Å². The van der Waals surface area contributed by atoms with E-state index >= 15 is 0 Å². The number of aliphatic hydroxyl groups excluding tert-OH is 1. The fourth-order valence-electron chi connectivity index (χ4n) is 2.42. The van der Waals surface area contributed by atoms with E-state index in [1.807, 2.05) is 6.92 Å². The van der Waals surface area contributed by atoms with Gasteiger partial charge in [-0.15, -0.1) is 0 Å². The first-order valence-corrected chi connectivity index (χ1v) is 7.34. The van der Waals surface area contributed by atoms with Crippen LogP contribution in [-0.4, -0.2) is 36.2 Å². The van der Waals surface area contributed by atoms with Crippen LogP contribution in [0.5, 0.6) is 0 Å². The van der Waals surface area contributed by atoms with Crippen LogP contribution in [0.25, 0.3) is 0 Å². The highest BCUT2D eigenvalue weighted by Crippen LogP contribution is 2.24. The van der Waals surface area contributed by atoms with E-state index in [0.29, 0.717) is 5.92 Å². The van der Waals surface area contributed by atoms with Gasteiger partial charge >= 0.3 is 0 Å². The smallest absolute Gasteiger partial charge is 0.236 e. The Hall–Kier alpha value is -0.610. The molecule has 1 fully saturated rings. The lowest BCUT2D eigenvalue weighted by molar-refractivity contribution is -0.122. The summed E-state index contributed by atoms with van der Waals surface area (Å²) in [5.74, 6) is 0.388. The molecule has 0 saturated heterocycles. The molecule has 1 aliphatic rings. The third-order valence-electron chi connectivity index (χ3n) is 3.78. The van der Waals surface area contributed by atoms with E-state index in [1.165, 1.54) is 6.42 Å². The normalized spacial score (nSPS) is 25.1. The molecule has 4 nitrogen and oxygen atoms in total. The second kappa shape index (κ2) is 8.48. The summed E-state index contributed by atoms with van der Waals surface area (Å²) in [7, 11) is 0. The lowest BCUT2D eigenvalue weighted by Crippen LogP contribution is -2.44. The van der Waals surface area contributed by atoms with Gasteiger partial charge in [-0.3, -0.25) is 4.79 Å². The number of unbranched alkanes of at least 4 members (excludes halogenated alkanes) is 2. The zero-order chi connectivity index (χ0) is 13.4. The molecule has 1 saturated carbocycles. The zero-order valence-corrected chi connectivity index (χ0v) is 11.7. The van der Waals surface area contributed by atoms with Gasteiger partial charge in [0, 0.05) is 13.1 Å². The number of hydrogen-bond donors (Lipinski definition) is 3. The largest absolute Gasteiger partial charge is 0.393 e. The van der Waals surface area contributed by atoms with Crippen molar-refractivity contribution in [3.05, 3.63) is 0 Å². The molecule has 0 radical (unpaired) electrons. The van der Waals surface area contributed by atoms with Crippen LogP contribution in [-0.2, 0) is 4.79 Å². The van der Waals surface area contributed by atoms with Crippen LogP contribution in [0.15, 0.2) is 0 Å². The van der Waals surface area contributed by atoms with Gasteiger partial charge < -0.3 is 15.7 Å². The molecule has 1 rings (SSSR count). The topological polar surface area (TPSA) is 61.4 Å². The van der Waals surface area contributed by atoms with Crippen molar-refractivity contribution in [3.63, 3.8) is 0 Å². The predicted octanol–water partition coefficient (Wildman–Crippen LogP) is 1.43. The molecule has 0 aromatic rings. The maximum absolute atomic E-state index is 11.8. The van der Waals surface area contributed by atoms with Crippen molar-refractivity contribution in [1.82, 2.24) is 10.6 Å². The van der Waals surface area contributed by atoms with E-state index in [-0.39, 0.29) is 18.1 Å². The first-order valence-electron chi connectivity index (χ1n) is 7.34. The maximum Gasteiger partial charge on any atom is 0.236 e. The van der Waals surface area contributed by atoms with Crippen molar-refractivity contribution in [2.75, 3.05) is 13.1 Å². The SMILES string of the molecule is CCCCCNC(=O)C(C)NCC1CCCC1O. The lowest BCUT2D eigenvalue weighted by Gasteiger charge is -2.19. The van der Waals surface area contributed by atoms with Gasteiger partial charge in [0.05, 0.1) is 12.1 Å². The summed E-state index contributed by atoms with van der Waals surface area (Å²) >= 11 is 0. The lowest BCUT2D eigenvalue weighted by atomic mass is 10.1. The van der Waals surface area contributed by atoms with E-state index < -0.39 is 0 Å². The quantitative estimate of drug-likeness (QED) is 0.576. The number of carbonyl (C=O) groups excluding carboxylic acids is 1. The molecule has 3 N–H and O–H groups in total. The Morgan fingerprint density at radius 3 is 2.78 bits per heavy atom. The highest BCUT2D eigenvalue weighted by Gasteiger charge is 2.25. The monoisotopic (exact) mass is 256 g/mol. The Bertz CT molecular complexity index is 246. The molecule has 0 bridgehead atoms. The Morgan fingerprint density at radius 2 is 2.17 bits per heavy atom. The van der Waals surface area contributed by atoms with E-state index in [9.17, 15) is 9.90 Å². The number of carbonyl (C=O) groups is 1. The molecule has 4 heteroatoms. The molecule has 1 amide bonds. The first-order chi connectivity index (χ1) is 8.65. The number of amides is 1. The Balaban J connectivity index is 2.11. The Kier molecular flexibility index (Phi) is 7.28. The van der Waals surface area contributed by atoms with Gasteiger partial charge in [0.2, 0.25) is 5.91 Å². The standard InChI is InChI=1S/C14H28N2O2/c1-3-4-5-9-15-14(18)11(2)16-10-12-7-6-8-13(12)17/h11-13,16-17H,3-10H2,1-2H3,(H,15,18). The van der Waals surface area contributed by atoms with Crippen molar-refractivity contribution >= 4 is 5.91 Å². The molecule has 0 spiro atoms. The van der Waals surface area contributed by atoms with Gasteiger partial charge in [0.15, 0.2) is 0 Å². The summed E-state index contributed by atoms with van der Waals surface area (Å²) in [6.45, 7) is 5.55. The first kappa shape index (κ1) is 15.4. The second-order valence-corrected chi connectivity index (χ2v) is 5.39. The summed E-state index contributed by atoms with van der Waals surface area (Å²) in [5.41, 5.74) is 0. The summed E-state index contributed by atoms with van der Waals surface area (Å²) in [5, 5.41) is 15.9. The number of rotatable bonds is 8. The van der Waals surface area contributed by atoms with Crippen LogP contribution in [0.2, 0.25) is 0 Å². The second-order valence-electron chi connectivity index (χ2n) is 5.39. The molecule has 1 aliphatic carbocycles. The third-order valence-corrected chi connectivity index (χ3v) is 3.78. The Morgan fingerprint density at radius 1 is 1.39 bits per heavy atom. The van der Waals surface area contributed by atoms with Crippen molar-refractivity contribution < 1.29 is 9.90 Å². The van der Waals surface area contributed by atoms with Crippen LogP contribution in [0.4, 0.5) is 0 Å². The van der Waals surface area contributed by atoms with Crippen molar-refractivity contribution in [2.24, 2.45) is 5.92 Å². The minimum Gasteiger partial charge on any atom is -0.393 e. The molecule has 0 aromatic carbocycles. The average molecular weight is 256 g/mol. The summed E-state index contributed by atoms with van der Waals surface area (Å²) in [6.07, 6.45) is 6.28. The molecular formula is C14H28N2O2. The van der Waals surface area contributed by atoms with Gasteiger partial charge in [0.1, 0.15) is 0 Å². The summed E-state index contributed by atoms with van der Waals surface area (Å²) in [4.78, 5) is 11.8. The van der Waals surface area contributed by atoms with Crippen LogP contribution in [0, 0.1) is 5.92 Å².